The summed E-state index contributed by atoms with van der Waals surface area (Å²) in [5.41, 5.74) is 0.795. The van der Waals surface area contributed by atoms with Crippen LogP contribution in [0.15, 0.2) is 64.4 Å². The summed E-state index contributed by atoms with van der Waals surface area (Å²) in [7, 11) is 0. The summed E-state index contributed by atoms with van der Waals surface area (Å²) in [5.74, 6) is 1.73. The average molecular weight is 288 g/mol. The van der Waals surface area contributed by atoms with Gasteiger partial charge in [-0.25, -0.2) is 0 Å². The van der Waals surface area contributed by atoms with Crippen molar-refractivity contribution < 1.29 is 4.79 Å². The number of carbonyl (C=O) groups is 1. The summed E-state index contributed by atoms with van der Waals surface area (Å²) in [6.45, 7) is 2.13. The van der Waals surface area contributed by atoms with Crippen LogP contribution in [-0.4, -0.2) is 17.3 Å². The molecule has 0 unspecified atom stereocenters. The zero-order chi connectivity index (χ0) is 13.5. The van der Waals surface area contributed by atoms with Crippen molar-refractivity contribution in [3.63, 3.8) is 0 Å². The van der Waals surface area contributed by atoms with Crippen LogP contribution in [0.1, 0.15) is 17.3 Å². The number of hydrogen-bond donors (Lipinski definition) is 0. The minimum Gasteiger partial charge on any atom is -0.293 e. The molecule has 0 aliphatic carbocycles. The Balaban J connectivity index is 1.92. The molecule has 0 fully saturated rings. The third-order valence-electron chi connectivity index (χ3n) is 2.60. The second-order valence-corrected chi connectivity index (χ2v) is 6.37. The summed E-state index contributed by atoms with van der Waals surface area (Å²) < 4.78 is 0. The molecule has 3 heteroatoms. The topological polar surface area (TPSA) is 17.1 Å². The van der Waals surface area contributed by atoms with Crippen molar-refractivity contribution in [2.24, 2.45) is 0 Å². The lowest BCUT2D eigenvalue weighted by atomic mass is 10.1. The lowest BCUT2D eigenvalue weighted by molar-refractivity contribution is 0.102. The first-order chi connectivity index (χ1) is 9.29. The van der Waals surface area contributed by atoms with Crippen molar-refractivity contribution >= 4 is 29.3 Å². The van der Waals surface area contributed by atoms with Crippen molar-refractivity contribution in [3.05, 3.63) is 60.2 Å². The SMILES string of the molecule is CCSc1ccc(C(=O)CSc2ccccc2)cc1. The van der Waals surface area contributed by atoms with Crippen molar-refractivity contribution in [3.8, 4) is 0 Å². The quantitative estimate of drug-likeness (QED) is 0.563. The molecule has 0 atom stereocenters. The smallest absolute Gasteiger partial charge is 0.173 e. The normalized spacial score (nSPS) is 10.4. The fourth-order valence-electron chi connectivity index (χ4n) is 1.65. The maximum absolute atomic E-state index is 12.1. The zero-order valence-electron chi connectivity index (χ0n) is 10.8. The molecular weight excluding hydrogens is 272 g/mol. The molecular formula is C16H16OS2. The lowest BCUT2D eigenvalue weighted by Gasteiger charge is -2.03. The molecule has 0 aromatic heterocycles. The Labute approximate surface area is 122 Å². The molecule has 0 bridgehead atoms. The third kappa shape index (κ3) is 4.44. The Hall–Kier alpha value is -1.19. The van der Waals surface area contributed by atoms with E-state index in [1.165, 1.54) is 4.90 Å². The number of hydrogen-bond acceptors (Lipinski definition) is 3. The van der Waals surface area contributed by atoms with E-state index >= 15 is 0 Å². The van der Waals surface area contributed by atoms with Gasteiger partial charge < -0.3 is 0 Å². The van der Waals surface area contributed by atoms with E-state index in [0.717, 1.165) is 16.2 Å². The van der Waals surface area contributed by atoms with Crippen LogP contribution in [0.5, 0.6) is 0 Å². The van der Waals surface area contributed by atoms with E-state index in [9.17, 15) is 4.79 Å². The predicted molar refractivity (Wildman–Crippen MR) is 84.3 cm³/mol. The van der Waals surface area contributed by atoms with Gasteiger partial charge >= 0.3 is 0 Å². The van der Waals surface area contributed by atoms with Gasteiger partial charge in [0.1, 0.15) is 0 Å². The molecule has 0 aliphatic heterocycles. The van der Waals surface area contributed by atoms with Gasteiger partial charge in [-0.3, -0.25) is 4.79 Å². The Morgan fingerprint density at radius 2 is 1.53 bits per heavy atom. The van der Waals surface area contributed by atoms with E-state index in [1.807, 2.05) is 54.6 Å². The van der Waals surface area contributed by atoms with Gasteiger partial charge in [-0.15, -0.1) is 23.5 Å². The van der Waals surface area contributed by atoms with Gasteiger partial charge in [0.15, 0.2) is 5.78 Å². The van der Waals surface area contributed by atoms with Crippen molar-refractivity contribution in [1.82, 2.24) is 0 Å². The molecule has 0 saturated carbocycles. The van der Waals surface area contributed by atoms with E-state index in [2.05, 4.69) is 6.92 Å². The van der Waals surface area contributed by atoms with Gasteiger partial charge in [0.05, 0.1) is 5.75 Å². The predicted octanol–water partition coefficient (Wildman–Crippen LogP) is 4.77. The van der Waals surface area contributed by atoms with Crippen molar-refractivity contribution in [2.45, 2.75) is 16.7 Å². The van der Waals surface area contributed by atoms with Crippen LogP contribution in [0.4, 0.5) is 0 Å². The van der Waals surface area contributed by atoms with Crippen LogP contribution in [0.25, 0.3) is 0 Å². The highest BCUT2D eigenvalue weighted by Gasteiger charge is 2.06. The molecule has 0 saturated heterocycles. The molecule has 98 valence electrons. The lowest BCUT2D eigenvalue weighted by Crippen LogP contribution is -2.01. The third-order valence-corrected chi connectivity index (χ3v) is 4.51. The van der Waals surface area contributed by atoms with E-state index in [4.69, 9.17) is 0 Å². The monoisotopic (exact) mass is 288 g/mol. The first-order valence-electron chi connectivity index (χ1n) is 6.23. The van der Waals surface area contributed by atoms with Crippen molar-refractivity contribution in [1.29, 1.82) is 0 Å². The number of rotatable bonds is 6. The molecule has 0 aliphatic rings. The maximum atomic E-state index is 12.1. The second-order valence-electron chi connectivity index (χ2n) is 3.98. The van der Waals surface area contributed by atoms with Gasteiger partial charge in [0, 0.05) is 15.4 Å². The fraction of sp³-hybridized carbons (Fsp3) is 0.188. The highest BCUT2D eigenvalue weighted by Crippen LogP contribution is 2.21. The number of carbonyl (C=O) groups excluding carboxylic acids is 1. The van der Waals surface area contributed by atoms with Gasteiger partial charge in [-0.2, -0.15) is 0 Å². The van der Waals surface area contributed by atoms with Gasteiger partial charge in [0.2, 0.25) is 0 Å². The summed E-state index contributed by atoms with van der Waals surface area (Å²) in [5, 5.41) is 0. The number of thioether (sulfide) groups is 2. The van der Waals surface area contributed by atoms with Gasteiger partial charge in [-0.05, 0) is 30.0 Å². The fourth-order valence-corrected chi connectivity index (χ4v) is 3.13. The highest BCUT2D eigenvalue weighted by molar-refractivity contribution is 8.00. The molecule has 0 radical (unpaired) electrons. The summed E-state index contributed by atoms with van der Waals surface area (Å²) in [6, 6.07) is 17.9. The largest absolute Gasteiger partial charge is 0.293 e. The van der Waals surface area contributed by atoms with Crippen LogP contribution < -0.4 is 0 Å². The molecule has 0 spiro atoms. The number of Topliss-reactive ketones (excluding diaryl/α,β-unsaturated/α-hetero) is 1. The minimum absolute atomic E-state index is 0.182. The summed E-state index contributed by atoms with van der Waals surface area (Å²) >= 11 is 3.37. The van der Waals surface area contributed by atoms with Crippen LogP contribution in [0, 0.1) is 0 Å². The number of ketones is 1. The van der Waals surface area contributed by atoms with E-state index < -0.39 is 0 Å². The van der Waals surface area contributed by atoms with Gasteiger partial charge in [-0.1, -0.05) is 37.3 Å². The maximum Gasteiger partial charge on any atom is 0.173 e. The van der Waals surface area contributed by atoms with Crippen molar-refractivity contribution in [2.75, 3.05) is 11.5 Å². The van der Waals surface area contributed by atoms with E-state index in [1.54, 1.807) is 23.5 Å². The molecule has 0 amide bonds. The number of benzene rings is 2. The van der Waals surface area contributed by atoms with Crippen LogP contribution in [-0.2, 0) is 0 Å². The molecule has 2 rings (SSSR count). The van der Waals surface area contributed by atoms with Crippen LogP contribution >= 0.6 is 23.5 Å². The summed E-state index contributed by atoms with van der Waals surface area (Å²) in [6.07, 6.45) is 0. The first-order valence-corrected chi connectivity index (χ1v) is 8.20. The summed E-state index contributed by atoms with van der Waals surface area (Å²) in [4.78, 5) is 14.4. The van der Waals surface area contributed by atoms with E-state index in [0.29, 0.717) is 5.75 Å². The molecule has 2 aromatic carbocycles. The van der Waals surface area contributed by atoms with Crippen LogP contribution in [0.2, 0.25) is 0 Å². The Morgan fingerprint density at radius 1 is 0.895 bits per heavy atom. The first kappa shape index (κ1) is 14.2. The minimum atomic E-state index is 0.182. The van der Waals surface area contributed by atoms with E-state index in [-0.39, 0.29) is 5.78 Å². The Bertz CT molecular complexity index is 520. The Kier molecular flexibility index (Phi) is 5.55. The average Bonchev–Trinajstić information content (AvgIpc) is 2.47. The van der Waals surface area contributed by atoms with Crippen LogP contribution in [0.3, 0.4) is 0 Å². The molecule has 0 heterocycles. The second kappa shape index (κ2) is 7.41. The molecule has 0 N–H and O–H groups in total. The van der Waals surface area contributed by atoms with Gasteiger partial charge in [0.25, 0.3) is 0 Å². The zero-order valence-corrected chi connectivity index (χ0v) is 12.5. The standard InChI is InChI=1S/C16H16OS2/c1-2-18-15-10-8-13(9-11-15)16(17)12-19-14-6-4-3-5-7-14/h3-11H,2,12H2,1H3. The molecule has 19 heavy (non-hydrogen) atoms. The molecule has 1 nitrogen and oxygen atoms in total. The Morgan fingerprint density at radius 3 is 2.16 bits per heavy atom. The molecule has 2 aromatic rings. The highest BCUT2D eigenvalue weighted by atomic mass is 32.2.